The molecule has 4 heteroatoms. The van der Waals surface area contributed by atoms with Crippen LogP contribution < -0.4 is 5.32 Å². The molecule has 2 saturated heterocycles. The highest BCUT2D eigenvalue weighted by molar-refractivity contribution is 7.10. The molecule has 2 aromatic rings. The molecule has 3 aliphatic rings. The Labute approximate surface area is 172 Å². The smallest absolute Gasteiger partial charge is 0.227 e. The van der Waals surface area contributed by atoms with Crippen LogP contribution in [0, 0.1) is 5.41 Å². The Bertz CT molecular complexity index is 802. The fraction of sp³-hybridized carbons (Fsp3) is 0.542. The summed E-state index contributed by atoms with van der Waals surface area (Å²) in [6.07, 6.45) is 8.46. The Balaban J connectivity index is 1.42. The molecule has 2 aliphatic heterocycles. The normalized spacial score (nSPS) is 27.0. The van der Waals surface area contributed by atoms with Gasteiger partial charge in [0.2, 0.25) is 5.91 Å². The summed E-state index contributed by atoms with van der Waals surface area (Å²) < 4.78 is 0. The molecular weight excluding hydrogens is 364 g/mol. The summed E-state index contributed by atoms with van der Waals surface area (Å²) in [5.74, 6) is 0.643. The summed E-state index contributed by atoms with van der Waals surface area (Å²) in [6, 6.07) is 15.5. The van der Waals surface area contributed by atoms with E-state index in [1.54, 1.807) is 0 Å². The Morgan fingerprint density at radius 2 is 1.68 bits per heavy atom. The monoisotopic (exact) mass is 394 g/mol. The lowest BCUT2D eigenvalue weighted by Gasteiger charge is -2.52. The Morgan fingerprint density at radius 3 is 2.36 bits per heavy atom. The molecule has 0 bridgehead atoms. The predicted molar refractivity (Wildman–Crippen MR) is 115 cm³/mol. The summed E-state index contributed by atoms with van der Waals surface area (Å²) in [6.45, 7) is 2.87. The number of piperidine rings is 1. The van der Waals surface area contributed by atoms with Gasteiger partial charge < -0.3 is 5.32 Å². The molecule has 148 valence electrons. The largest absolute Gasteiger partial charge is 0.355 e. The standard InChI is InChI=1S/C24H30N2OS/c27-22-23(20(18-25-22)21-10-7-17-28-21)13-15-26(16-14-23)24(11-5-2-6-12-24)19-8-3-1-4-9-19/h1,3-4,7-10,17,20H,2,5-6,11-16,18H2,(H,25,27). The highest BCUT2D eigenvalue weighted by Gasteiger charge is 2.54. The molecule has 0 radical (unpaired) electrons. The molecule has 1 N–H and O–H groups in total. The molecule has 1 saturated carbocycles. The van der Waals surface area contributed by atoms with Gasteiger partial charge in [0.1, 0.15) is 0 Å². The van der Waals surface area contributed by atoms with Gasteiger partial charge in [-0.2, -0.15) is 0 Å². The first kappa shape index (κ1) is 18.4. The van der Waals surface area contributed by atoms with E-state index in [9.17, 15) is 4.79 Å². The van der Waals surface area contributed by atoms with Crippen LogP contribution in [-0.2, 0) is 10.3 Å². The van der Waals surface area contributed by atoms with Crippen molar-refractivity contribution in [2.45, 2.75) is 56.4 Å². The molecule has 1 spiro atoms. The molecule has 1 aromatic heterocycles. The molecule has 3 fully saturated rings. The van der Waals surface area contributed by atoms with Crippen molar-refractivity contribution < 1.29 is 4.79 Å². The van der Waals surface area contributed by atoms with Gasteiger partial charge in [-0.1, -0.05) is 55.7 Å². The van der Waals surface area contributed by atoms with E-state index in [0.29, 0.717) is 11.8 Å². The van der Waals surface area contributed by atoms with E-state index in [1.165, 1.54) is 42.5 Å². The summed E-state index contributed by atoms with van der Waals surface area (Å²) in [4.78, 5) is 17.1. The number of rotatable bonds is 3. The predicted octanol–water partition coefficient (Wildman–Crippen LogP) is 4.90. The van der Waals surface area contributed by atoms with Gasteiger partial charge in [0, 0.05) is 36.0 Å². The lowest BCUT2D eigenvalue weighted by atomic mass is 9.67. The SMILES string of the molecule is O=C1NCC(c2cccs2)C12CCN(C1(c3ccccc3)CCCCC1)CC2. The molecule has 3 nitrogen and oxygen atoms in total. The minimum absolute atomic E-state index is 0.175. The Morgan fingerprint density at radius 1 is 0.929 bits per heavy atom. The van der Waals surface area contributed by atoms with E-state index in [-0.39, 0.29) is 11.0 Å². The third-order valence-electron chi connectivity index (χ3n) is 7.73. The van der Waals surface area contributed by atoms with Crippen LogP contribution in [0.15, 0.2) is 47.8 Å². The average molecular weight is 395 g/mol. The fourth-order valence-corrected chi connectivity index (χ4v) is 7.11. The maximum atomic E-state index is 13.0. The van der Waals surface area contributed by atoms with Crippen LogP contribution in [0.25, 0.3) is 0 Å². The van der Waals surface area contributed by atoms with Crippen molar-refractivity contribution >= 4 is 17.2 Å². The first-order valence-electron chi connectivity index (χ1n) is 10.9. The zero-order valence-corrected chi connectivity index (χ0v) is 17.3. The number of carbonyl (C=O) groups excluding carboxylic acids is 1. The van der Waals surface area contributed by atoms with E-state index in [4.69, 9.17) is 0 Å². The van der Waals surface area contributed by atoms with Crippen molar-refractivity contribution in [3.8, 4) is 0 Å². The van der Waals surface area contributed by atoms with E-state index in [0.717, 1.165) is 32.5 Å². The van der Waals surface area contributed by atoms with Crippen molar-refractivity contribution in [3.63, 3.8) is 0 Å². The Hall–Kier alpha value is -1.65. The lowest BCUT2D eigenvalue weighted by Crippen LogP contribution is -2.54. The summed E-state index contributed by atoms with van der Waals surface area (Å²) in [7, 11) is 0. The van der Waals surface area contributed by atoms with E-state index < -0.39 is 0 Å². The topological polar surface area (TPSA) is 32.3 Å². The summed E-state index contributed by atoms with van der Waals surface area (Å²) in [5.41, 5.74) is 1.46. The third-order valence-corrected chi connectivity index (χ3v) is 8.71. The first-order chi connectivity index (χ1) is 13.7. The van der Waals surface area contributed by atoms with Crippen molar-refractivity contribution in [2.75, 3.05) is 19.6 Å². The first-order valence-corrected chi connectivity index (χ1v) is 11.7. The van der Waals surface area contributed by atoms with Crippen LogP contribution in [0.3, 0.4) is 0 Å². The molecule has 1 atom stereocenters. The molecule has 5 rings (SSSR count). The minimum Gasteiger partial charge on any atom is -0.355 e. The Kier molecular flexibility index (Phi) is 4.80. The quantitative estimate of drug-likeness (QED) is 0.803. The van der Waals surface area contributed by atoms with Crippen molar-refractivity contribution in [1.29, 1.82) is 0 Å². The third kappa shape index (κ3) is 2.84. The van der Waals surface area contributed by atoms with Crippen LogP contribution >= 0.6 is 11.3 Å². The number of hydrogen-bond donors (Lipinski definition) is 1. The van der Waals surface area contributed by atoms with Gasteiger partial charge in [-0.05, 0) is 42.7 Å². The second-order valence-corrected chi connectivity index (χ2v) is 9.86. The highest BCUT2D eigenvalue weighted by Crippen LogP contribution is 2.52. The number of likely N-dealkylation sites (tertiary alicyclic amines) is 1. The van der Waals surface area contributed by atoms with Crippen LogP contribution in [0.1, 0.15) is 61.3 Å². The second-order valence-electron chi connectivity index (χ2n) is 8.88. The van der Waals surface area contributed by atoms with Crippen molar-refractivity contribution in [3.05, 3.63) is 58.3 Å². The maximum Gasteiger partial charge on any atom is 0.227 e. The van der Waals surface area contributed by atoms with Gasteiger partial charge in [-0.25, -0.2) is 0 Å². The highest BCUT2D eigenvalue weighted by atomic mass is 32.1. The van der Waals surface area contributed by atoms with Gasteiger partial charge in [-0.3, -0.25) is 9.69 Å². The number of nitrogens with zero attached hydrogens (tertiary/aromatic N) is 1. The van der Waals surface area contributed by atoms with E-state index in [1.807, 2.05) is 11.3 Å². The number of thiophene rings is 1. The van der Waals surface area contributed by atoms with Gasteiger partial charge >= 0.3 is 0 Å². The number of benzene rings is 1. The zero-order valence-electron chi connectivity index (χ0n) is 16.5. The average Bonchev–Trinajstić information content (AvgIpc) is 3.39. The number of nitrogens with one attached hydrogen (secondary N) is 1. The molecule has 1 unspecified atom stereocenters. The van der Waals surface area contributed by atoms with Gasteiger partial charge in [0.05, 0.1) is 5.41 Å². The molecule has 1 aliphatic carbocycles. The fourth-order valence-electron chi connectivity index (χ4n) is 6.17. The van der Waals surface area contributed by atoms with Gasteiger partial charge in [0.25, 0.3) is 0 Å². The van der Waals surface area contributed by atoms with E-state index in [2.05, 4.69) is 58.1 Å². The number of amides is 1. The molecular formula is C24H30N2OS. The number of hydrogen-bond acceptors (Lipinski definition) is 3. The lowest BCUT2D eigenvalue weighted by molar-refractivity contribution is -0.132. The minimum atomic E-state index is -0.200. The second kappa shape index (κ2) is 7.31. The van der Waals surface area contributed by atoms with Gasteiger partial charge in [0.15, 0.2) is 0 Å². The van der Waals surface area contributed by atoms with E-state index >= 15 is 0 Å². The molecule has 1 aromatic carbocycles. The van der Waals surface area contributed by atoms with Crippen LogP contribution in [-0.4, -0.2) is 30.4 Å². The van der Waals surface area contributed by atoms with Crippen molar-refractivity contribution in [2.24, 2.45) is 5.41 Å². The molecule has 1 amide bonds. The molecule has 28 heavy (non-hydrogen) atoms. The van der Waals surface area contributed by atoms with Crippen molar-refractivity contribution in [1.82, 2.24) is 10.2 Å². The summed E-state index contributed by atoms with van der Waals surface area (Å²) in [5, 5.41) is 5.35. The van der Waals surface area contributed by atoms with Crippen LogP contribution in [0.5, 0.6) is 0 Å². The summed E-state index contributed by atoms with van der Waals surface area (Å²) >= 11 is 1.81. The molecule has 3 heterocycles. The van der Waals surface area contributed by atoms with Crippen LogP contribution in [0.4, 0.5) is 0 Å². The van der Waals surface area contributed by atoms with Crippen LogP contribution in [0.2, 0.25) is 0 Å². The maximum absolute atomic E-state index is 13.0. The number of carbonyl (C=O) groups is 1. The zero-order chi connectivity index (χ0) is 19.0. The van der Waals surface area contributed by atoms with Gasteiger partial charge in [-0.15, -0.1) is 11.3 Å².